The van der Waals surface area contributed by atoms with Gasteiger partial charge >= 0.3 is 0 Å². The van der Waals surface area contributed by atoms with Crippen molar-refractivity contribution in [2.45, 2.75) is 0 Å². The van der Waals surface area contributed by atoms with Gasteiger partial charge in [0, 0.05) is 18.0 Å². The van der Waals surface area contributed by atoms with Crippen LogP contribution in [0.15, 0.2) is 35.7 Å². The Labute approximate surface area is 106 Å². The number of nitrogens with zero attached hydrogens (tertiary/aromatic N) is 3. The molecule has 0 unspecified atom stereocenters. The molecule has 0 saturated carbocycles. The lowest BCUT2D eigenvalue weighted by atomic mass is 10.2. The molecule has 4 nitrogen and oxygen atoms in total. The van der Waals surface area contributed by atoms with Gasteiger partial charge in [0.1, 0.15) is 0 Å². The summed E-state index contributed by atoms with van der Waals surface area (Å²) in [5.41, 5.74) is 0.642. The fourth-order valence-electron chi connectivity index (χ4n) is 1.28. The molecular weight excluding hydrogens is 264 g/mol. The molecule has 0 saturated heterocycles. The number of rotatable bonds is 2. The van der Waals surface area contributed by atoms with Crippen molar-refractivity contribution in [2.24, 2.45) is 5.16 Å². The maximum atomic E-state index is 13.0. The summed E-state index contributed by atoms with van der Waals surface area (Å²) < 4.78 is 25.8. The summed E-state index contributed by atoms with van der Waals surface area (Å²) in [6.07, 6.45) is 2.62. The van der Waals surface area contributed by atoms with Gasteiger partial charge in [0.25, 0.3) is 0 Å². The molecule has 0 aliphatic rings. The Bertz CT molecular complexity index is 602. The Morgan fingerprint density at radius 3 is 2.39 bits per heavy atom. The van der Waals surface area contributed by atoms with E-state index in [-0.39, 0.29) is 11.0 Å². The van der Waals surface area contributed by atoms with Crippen molar-refractivity contribution >= 4 is 16.8 Å². The normalized spacial score (nSPS) is 11.6. The van der Waals surface area contributed by atoms with Crippen LogP contribution in [0.4, 0.5) is 8.78 Å². The maximum absolute atomic E-state index is 13.0. The fourth-order valence-corrected chi connectivity index (χ4v) is 1.37. The third kappa shape index (κ3) is 2.43. The van der Waals surface area contributed by atoms with Gasteiger partial charge < -0.3 is 5.21 Å². The number of oxime groups is 1. The topological polar surface area (TPSA) is 58.4 Å². The molecule has 1 aromatic carbocycles. The minimum absolute atomic E-state index is 0.160. The lowest BCUT2D eigenvalue weighted by Crippen LogP contribution is -1.97. The molecule has 92 valence electrons. The first-order chi connectivity index (χ1) is 8.61. The minimum Gasteiger partial charge on any atom is -0.410 e. The summed E-state index contributed by atoms with van der Waals surface area (Å²) >= 11 is 5.55. The van der Waals surface area contributed by atoms with Crippen LogP contribution in [0.5, 0.6) is 0 Å². The monoisotopic (exact) mass is 269 g/mol. The molecule has 0 bridgehead atoms. The number of benzene rings is 1. The quantitative estimate of drug-likeness (QED) is 0.518. The predicted molar refractivity (Wildman–Crippen MR) is 61.6 cm³/mol. The number of hydrogen-bond donors (Lipinski definition) is 1. The van der Waals surface area contributed by atoms with Gasteiger partial charge in [0.15, 0.2) is 22.6 Å². The second-order valence-corrected chi connectivity index (χ2v) is 3.67. The van der Waals surface area contributed by atoms with Crippen molar-refractivity contribution in [3.8, 4) is 11.4 Å². The lowest BCUT2D eigenvalue weighted by molar-refractivity contribution is 0.321. The lowest BCUT2D eigenvalue weighted by Gasteiger charge is -2.01. The van der Waals surface area contributed by atoms with E-state index in [1.54, 1.807) is 0 Å². The molecule has 0 atom stereocenters. The van der Waals surface area contributed by atoms with Crippen LogP contribution in [-0.4, -0.2) is 20.3 Å². The fraction of sp³-hybridized carbons (Fsp3) is 0. The number of hydrogen-bond acceptors (Lipinski definition) is 4. The first-order valence-corrected chi connectivity index (χ1v) is 5.15. The molecule has 2 rings (SSSR count). The van der Waals surface area contributed by atoms with E-state index in [9.17, 15) is 8.78 Å². The highest BCUT2D eigenvalue weighted by Gasteiger charge is 2.08. The first-order valence-electron chi connectivity index (χ1n) is 4.77. The molecule has 2 aromatic rings. The van der Waals surface area contributed by atoms with Crippen molar-refractivity contribution in [3.63, 3.8) is 0 Å². The molecule has 0 aliphatic carbocycles. The standard InChI is InChI=1S/C11H6ClF2N3O/c12-10(17-18)7-4-15-11(16-5-7)6-1-2-8(13)9(14)3-6/h1-5,18H. The summed E-state index contributed by atoms with van der Waals surface area (Å²) in [6, 6.07) is 3.34. The molecule has 0 spiro atoms. The molecule has 0 fully saturated rings. The van der Waals surface area contributed by atoms with Crippen LogP contribution in [0.3, 0.4) is 0 Å². The summed E-state index contributed by atoms with van der Waals surface area (Å²) in [5, 5.41) is 11.1. The van der Waals surface area contributed by atoms with E-state index in [4.69, 9.17) is 16.8 Å². The number of halogens is 3. The van der Waals surface area contributed by atoms with Gasteiger partial charge in [-0.05, 0) is 18.2 Å². The first kappa shape index (κ1) is 12.4. The van der Waals surface area contributed by atoms with Crippen molar-refractivity contribution in [3.05, 3.63) is 47.8 Å². The zero-order valence-corrected chi connectivity index (χ0v) is 9.57. The second-order valence-electron chi connectivity index (χ2n) is 3.32. The Morgan fingerprint density at radius 2 is 1.83 bits per heavy atom. The van der Waals surface area contributed by atoms with E-state index in [0.717, 1.165) is 12.1 Å². The van der Waals surface area contributed by atoms with Crippen LogP contribution in [0, 0.1) is 11.6 Å². The minimum atomic E-state index is -0.977. The SMILES string of the molecule is ON=C(Cl)c1cnc(-c2ccc(F)c(F)c2)nc1. The average molecular weight is 270 g/mol. The van der Waals surface area contributed by atoms with Crippen LogP contribution >= 0.6 is 11.6 Å². The molecule has 18 heavy (non-hydrogen) atoms. The smallest absolute Gasteiger partial charge is 0.178 e. The molecule has 0 amide bonds. The van der Waals surface area contributed by atoms with Crippen LogP contribution in [0.25, 0.3) is 11.4 Å². The van der Waals surface area contributed by atoms with E-state index in [0.29, 0.717) is 11.1 Å². The van der Waals surface area contributed by atoms with E-state index in [1.807, 2.05) is 0 Å². The Kier molecular flexibility index (Phi) is 3.47. The number of aromatic nitrogens is 2. The third-order valence-electron chi connectivity index (χ3n) is 2.16. The van der Waals surface area contributed by atoms with E-state index < -0.39 is 11.6 Å². The average Bonchev–Trinajstić information content (AvgIpc) is 2.41. The van der Waals surface area contributed by atoms with Gasteiger partial charge in [0.2, 0.25) is 0 Å². The van der Waals surface area contributed by atoms with Gasteiger partial charge in [-0.3, -0.25) is 0 Å². The largest absolute Gasteiger partial charge is 0.410 e. The molecule has 0 radical (unpaired) electrons. The molecule has 1 heterocycles. The summed E-state index contributed by atoms with van der Waals surface area (Å²) in [5.74, 6) is -1.71. The highest BCUT2D eigenvalue weighted by atomic mass is 35.5. The molecule has 0 aliphatic heterocycles. The van der Waals surface area contributed by atoms with Crippen LogP contribution in [0.1, 0.15) is 5.56 Å². The highest BCUT2D eigenvalue weighted by Crippen LogP contribution is 2.17. The Morgan fingerprint density at radius 1 is 1.17 bits per heavy atom. The molecule has 7 heteroatoms. The van der Waals surface area contributed by atoms with E-state index in [2.05, 4.69) is 15.1 Å². The Balaban J connectivity index is 2.37. The molecular formula is C11H6ClF2N3O. The molecule has 1 aromatic heterocycles. The van der Waals surface area contributed by atoms with Gasteiger partial charge in [-0.2, -0.15) is 0 Å². The molecule has 1 N–H and O–H groups in total. The zero-order valence-electron chi connectivity index (χ0n) is 8.81. The maximum Gasteiger partial charge on any atom is 0.178 e. The van der Waals surface area contributed by atoms with Gasteiger partial charge in [0.05, 0.1) is 5.56 Å². The summed E-state index contributed by atoms with van der Waals surface area (Å²) in [4.78, 5) is 7.82. The third-order valence-corrected chi connectivity index (χ3v) is 2.45. The Hall–Kier alpha value is -2.08. The predicted octanol–water partition coefficient (Wildman–Crippen LogP) is 2.80. The van der Waals surface area contributed by atoms with Crippen molar-refractivity contribution < 1.29 is 14.0 Å². The van der Waals surface area contributed by atoms with Gasteiger partial charge in [-0.15, -0.1) is 0 Å². The second kappa shape index (κ2) is 5.05. The van der Waals surface area contributed by atoms with Crippen LogP contribution in [0.2, 0.25) is 0 Å². The van der Waals surface area contributed by atoms with Crippen LogP contribution in [-0.2, 0) is 0 Å². The summed E-state index contributed by atoms with van der Waals surface area (Å²) in [6.45, 7) is 0. The van der Waals surface area contributed by atoms with Crippen molar-refractivity contribution in [2.75, 3.05) is 0 Å². The van der Waals surface area contributed by atoms with Gasteiger partial charge in [-0.25, -0.2) is 18.7 Å². The van der Waals surface area contributed by atoms with Crippen LogP contribution < -0.4 is 0 Å². The van der Waals surface area contributed by atoms with E-state index in [1.165, 1.54) is 18.5 Å². The summed E-state index contributed by atoms with van der Waals surface area (Å²) in [7, 11) is 0. The van der Waals surface area contributed by atoms with Crippen molar-refractivity contribution in [1.29, 1.82) is 0 Å². The van der Waals surface area contributed by atoms with Gasteiger partial charge in [-0.1, -0.05) is 16.8 Å². The van der Waals surface area contributed by atoms with Crippen molar-refractivity contribution in [1.82, 2.24) is 9.97 Å². The van der Waals surface area contributed by atoms with E-state index >= 15 is 0 Å². The highest BCUT2D eigenvalue weighted by molar-refractivity contribution is 6.69. The zero-order chi connectivity index (χ0) is 13.1.